The number of carbonyl (C=O) groups is 1. The van der Waals surface area contributed by atoms with E-state index in [1.165, 1.54) is 11.3 Å². The summed E-state index contributed by atoms with van der Waals surface area (Å²) in [7, 11) is 0. The van der Waals surface area contributed by atoms with Gasteiger partial charge in [0.2, 0.25) is 0 Å². The smallest absolute Gasteiger partial charge is 0.262 e. The molecule has 0 radical (unpaired) electrons. The fraction of sp³-hybridized carbons (Fsp3) is 0.444. The maximum Gasteiger partial charge on any atom is 0.262 e. The minimum atomic E-state index is -0.0753. The van der Waals surface area contributed by atoms with Crippen molar-refractivity contribution in [2.24, 2.45) is 5.92 Å². The van der Waals surface area contributed by atoms with E-state index >= 15 is 0 Å². The van der Waals surface area contributed by atoms with E-state index in [2.05, 4.69) is 19.2 Å². The number of amides is 1. The van der Waals surface area contributed by atoms with E-state index in [1.54, 1.807) is 6.07 Å². The van der Waals surface area contributed by atoms with Crippen molar-refractivity contribution >= 4 is 28.8 Å². The second-order valence-electron chi connectivity index (χ2n) is 3.20. The van der Waals surface area contributed by atoms with Crippen molar-refractivity contribution in [3.8, 4) is 0 Å². The second-order valence-corrected chi connectivity index (χ2v) is 4.52. The van der Waals surface area contributed by atoms with E-state index in [4.69, 9.17) is 11.6 Å². The molecule has 0 aliphatic carbocycles. The molecule has 0 aliphatic rings. The first-order valence-corrected chi connectivity index (χ1v) is 5.38. The fourth-order valence-corrected chi connectivity index (χ4v) is 1.89. The van der Waals surface area contributed by atoms with Crippen LogP contribution in [0.3, 0.4) is 0 Å². The van der Waals surface area contributed by atoms with Gasteiger partial charge in [-0.25, -0.2) is 0 Å². The topological polar surface area (TPSA) is 29.1 Å². The first-order valence-electron chi connectivity index (χ1n) is 4.12. The van der Waals surface area contributed by atoms with Gasteiger partial charge in [-0.15, -0.1) is 11.3 Å². The number of thiophene rings is 1. The number of nitrogens with one attached hydrogen (secondary N) is 1. The highest BCUT2D eigenvalue weighted by atomic mass is 35.5. The molecule has 0 aromatic carbocycles. The first kappa shape index (κ1) is 10.5. The molecule has 1 rings (SSSR count). The molecular weight excluding hydrogens is 206 g/mol. The molecule has 1 amide bonds. The quantitative estimate of drug-likeness (QED) is 0.829. The van der Waals surface area contributed by atoms with Crippen LogP contribution in [-0.4, -0.2) is 12.5 Å². The molecule has 0 atom stereocenters. The van der Waals surface area contributed by atoms with Gasteiger partial charge in [-0.1, -0.05) is 25.4 Å². The van der Waals surface area contributed by atoms with Crippen molar-refractivity contribution in [1.29, 1.82) is 0 Å². The van der Waals surface area contributed by atoms with Crippen LogP contribution in [0.25, 0.3) is 0 Å². The Labute approximate surface area is 86.9 Å². The molecule has 1 aromatic heterocycles. The van der Waals surface area contributed by atoms with E-state index < -0.39 is 0 Å². The summed E-state index contributed by atoms with van der Waals surface area (Å²) in [6.07, 6.45) is 0. The fourth-order valence-electron chi connectivity index (χ4n) is 0.833. The Morgan fingerprint density at radius 1 is 1.69 bits per heavy atom. The SMILES string of the molecule is CC(C)CNC(=O)c1sccc1Cl. The van der Waals surface area contributed by atoms with Crippen molar-refractivity contribution in [2.75, 3.05) is 6.54 Å². The van der Waals surface area contributed by atoms with Crippen molar-refractivity contribution < 1.29 is 4.79 Å². The molecule has 0 unspecified atom stereocenters. The number of rotatable bonds is 3. The van der Waals surface area contributed by atoms with Gasteiger partial charge >= 0.3 is 0 Å². The summed E-state index contributed by atoms with van der Waals surface area (Å²) >= 11 is 7.16. The monoisotopic (exact) mass is 217 g/mol. The van der Waals surface area contributed by atoms with E-state index in [9.17, 15) is 4.79 Å². The lowest BCUT2D eigenvalue weighted by molar-refractivity contribution is 0.0953. The molecule has 0 bridgehead atoms. The van der Waals surface area contributed by atoms with Crippen LogP contribution in [0.5, 0.6) is 0 Å². The predicted molar refractivity (Wildman–Crippen MR) is 56.5 cm³/mol. The molecule has 4 heteroatoms. The maximum absolute atomic E-state index is 11.4. The van der Waals surface area contributed by atoms with Gasteiger partial charge in [-0.05, 0) is 17.4 Å². The third-order valence-electron chi connectivity index (χ3n) is 1.49. The van der Waals surface area contributed by atoms with Gasteiger partial charge in [0.15, 0.2) is 0 Å². The summed E-state index contributed by atoms with van der Waals surface area (Å²) in [6, 6.07) is 1.73. The van der Waals surface area contributed by atoms with Gasteiger partial charge in [-0.3, -0.25) is 4.79 Å². The lowest BCUT2D eigenvalue weighted by Crippen LogP contribution is -2.26. The van der Waals surface area contributed by atoms with Crippen LogP contribution in [0, 0.1) is 5.92 Å². The highest BCUT2D eigenvalue weighted by Crippen LogP contribution is 2.21. The summed E-state index contributed by atoms with van der Waals surface area (Å²) in [5.74, 6) is 0.386. The third kappa shape index (κ3) is 3.01. The summed E-state index contributed by atoms with van der Waals surface area (Å²) in [6.45, 7) is 4.79. The van der Waals surface area contributed by atoms with Gasteiger partial charge in [0.1, 0.15) is 4.88 Å². The van der Waals surface area contributed by atoms with Crippen LogP contribution in [0.1, 0.15) is 23.5 Å². The van der Waals surface area contributed by atoms with E-state index in [1.807, 2.05) is 5.38 Å². The maximum atomic E-state index is 11.4. The Balaban J connectivity index is 2.54. The van der Waals surface area contributed by atoms with Crippen LogP contribution < -0.4 is 5.32 Å². The zero-order chi connectivity index (χ0) is 9.84. The minimum absolute atomic E-state index is 0.0753. The van der Waals surface area contributed by atoms with Gasteiger partial charge in [0, 0.05) is 6.54 Å². The number of halogens is 1. The largest absolute Gasteiger partial charge is 0.351 e. The van der Waals surface area contributed by atoms with E-state index in [-0.39, 0.29) is 5.91 Å². The summed E-state index contributed by atoms with van der Waals surface area (Å²) in [5, 5.41) is 5.16. The van der Waals surface area contributed by atoms with Crippen molar-refractivity contribution in [1.82, 2.24) is 5.32 Å². The molecule has 0 spiro atoms. The van der Waals surface area contributed by atoms with Crippen molar-refractivity contribution in [3.63, 3.8) is 0 Å². The Kier molecular flexibility index (Phi) is 3.75. The summed E-state index contributed by atoms with van der Waals surface area (Å²) in [5.41, 5.74) is 0. The van der Waals surface area contributed by atoms with E-state index in [0.29, 0.717) is 22.4 Å². The third-order valence-corrected chi connectivity index (χ3v) is 2.83. The van der Waals surface area contributed by atoms with Crippen molar-refractivity contribution in [3.05, 3.63) is 21.3 Å². The average Bonchev–Trinajstić information content (AvgIpc) is 2.47. The molecule has 0 saturated carbocycles. The standard InChI is InChI=1S/C9H12ClNOS/c1-6(2)5-11-9(12)8-7(10)3-4-13-8/h3-4,6H,5H2,1-2H3,(H,11,12). The van der Waals surface area contributed by atoms with Gasteiger partial charge in [0.25, 0.3) is 5.91 Å². The average molecular weight is 218 g/mol. The zero-order valence-corrected chi connectivity index (χ0v) is 9.21. The van der Waals surface area contributed by atoms with Crippen LogP contribution >= 0.6 is 22.9 Å². The molecule has 0 fully saturated rings. The molecule has 1 aromatic rings. The zero-order valence-electron chi connectivity index (χ0n) is 7.63. The highest BCUT2D eigenvalue weighted by Gasteiger charge is 2.10. The Morgan fingerprint density at radius 2 is 2.38 bits per heavy atom. The Hall–Kier alpha value is -0.540. The Bertz CT molecular complexity index is 296. The summed E-state index contributed by atoms with van der Waals surface area (Å²) < 4.78 is 0. The lowest BCUT2D eigenvalue weighted by atomic mass is 10.2. The number of carbonyl (C=O) groups excluding carboxylic acids is 1. The molecule has 72 valence electrons. The predicted octanol–water partition coefficient (Wildman–Crippen LogP) is 2.79. The molecule has 2 nitrogen and oxygen atoms in total. The number of hydrogen-bond donors (Lipinski definition) is 1. The minimum Gasteiger partial charge on any atom is -0.351 e. The van der Waals surface area contributed by atoms with Crippen LogP contribution in [0.2, 0.25) is 5.02 Å². The molecule has 13 heavy (non-hydrogen) atoms. The normalized spacial score (nSPS) is 10.5. The molecular formula is C9H12ClNOS. The molecule has 0 aliphatic heterocycles. The second kappa shape index (κ2) is 4.63. The number of hydrogen-bond acceptors (Lipinski definition) is 2. The summed E-state index contributed by atoms with van der Waals surface area (Å²) in [4.78, 5) is 12.0. The van der Waals surface area contributed by atoms with Gasteiger partial charge in [-0.2, -0.15) is 0 Å². The van der Waals surface area contributed by atoms with Crippen LogP contribution in [0.4, 0.5) is 0 Å². The lowest BCUT2D eigenvalue weighted by Gasteiger charge is -2.05. The first-order chi connectivity index (χ1) is 6.11. The van der Waals surface area contributed by atoms with Crippen LogP contribution in [0.15, 0.2) is 11.4 Å². The molecule has 1 heterocycles. The van der Waals surface area contributed by atoms with Crippen LogP contribution in [-0.2, 0) is 0 Å². The molecule has 0 saturated heterocycles. The van der Waals surface area contributed by atoms with Gasteiger partial charge in [0.05, 0.1) is 5.02 Å². The molecule has 1 N–H and O–H groups in total. The van der Waals surface area contributed by atoms with Crippen molar-refractivity contribution in [2.45, 2.75) is 13.8 Å². The Morgan fingerprint density at radius 3 is 2.85 bits per heavy atom. The van der Waals surface area contributed by atoms with Gasteiger partial charge < -0.3 is 5.32 Å². The van der Waals surface area contributed by atoms with E-state index in [0.717, 1.165) is 0 Å². The highest BCUT2D eigenvalue weighted by molar-refractivity contribution is 7.12.